The summed E-state index contributed by atoms with van der Waals surface area (Å²) in [6, 6.07) is 15.0. The van der Waals surface area contributed by atoms with Crippen molar-refractivity contribution in [3.05, 3.63) is 42.5 Å². The first-order valence-electron chi connectivity index (χ1n) is 6.74. The van der Waals surface area contributed by atoms with Crippen LogP contribution < -0.4 is 9.80 Å². The number of benzene rings is 2. The first-order chi connectivity index (χ1) is 9.54. The van der Waals surface area contributed by atoms with Crippen LogP contribution >= 0.6 is 12.4 Å². The maximum Gasteiger partial charge on any atom is 0.0730 e. The Bertz CT molecular complexity index is 719. The van der Waals surface area contributed by atoms with E-state index < -0.39 is 0 Å². The van der Waals surface area contributed by atoms with Gasteiger partial charge in [0, 0.05) is 50.3 Å². The molecule has 0 bridgehead atoms. The van der Waals surface area contributed by atoms with Crippen molar-refractivity contribution in [2.75, 3.05) is 38.0 Å². The second-order valence-electron chi connectivity index (χ2n) is 5.53. The van der Waals surface area contributed by atoms with Gasteiger partial charge < -0.3 is 9.80 Å². The SMILES string of the molecule is C.CN(C)c1ccc2cc3ccc(N(C)C)cc3nc2c1.Cl. The third-order valence-corrected chi connectivity index (χ3v) is 3.61. The molecule has 0 fully saturated rings. The van der Waals surface area contributed by atoms with Gasteiger partial charge in [-0.1, -0.05) is 19.6 Å². The molecule has 0 amide bonds. The Balaban J connectivity index is 0.00000121. The number of nitrogens with zero attached hydrogens (tertiary/aromatic N) is 3. The fourth-order valence-corrected chi connectivity index (χ4v) is 2.36. The largest absolute Gasteiger partial charge is 0.378 e. The molecule has 2 aromatic carbocycles. The molecule has 0 radical (unpaired) electrons. The monoisotopic (exact) mass is 317 g/mol. The summed E-state index contributed by atoms with van der Waals surface area (Å²) < 4.78 is 0. The lowest BCUT2D eigenvalue weighted by atomic mass is 10.1. The normalized spacial score (nSPS) is 10.0. The van der Waals surface area contributed by atoms with E-state index in [1.165, 1.54) is 22.1 Å². The van der Waals surface area contributed by atoms with Gasteiger partial charge in [-0.05, 0) is 30.3 Å². The number of fused-ring (bicyclic) bond motifs is 2. The molecule has 22 heavy (non-hydrogen) atoms. The molecule has 118 valence electrons. The van der Waals surface area contributed by atoms with Crippen LogP contribution in [0.3, 0.4) is 0 Å². The van der Waals surface area contributed by atoms with E-state index in [0.717, 1.165) is 11.0 Å². The average Bonchev–Trinajstić information content (AvgIpc) is 2.43. The first-order valence-corrected chi connectivity index (χ1v) is 6.74. The van der Waals surface area contributed by atoms with Crippen LogP contribution in [0.15, 0.2) is 42.5 Å². The molecule has 4 heteroatoms. The topological polar surface area (TPSA) is 19.4 Å². The van der Waals surface area contributed by atoms with E-state index in [0.29, 0.717) is 0 Å². The summed E-state index contributed by atoms with van der Waals surface area (Å²) in [7, 11) is 8.19. The molecule has 3 nitrogen and oxygen atoms in total. The van der Waals surface area contributed by atoms with Crippen LogP contribution in [0.1, 0.15) is 7.43 Å². The summed E-state index contributed by atoms with van der Waals surface area (Å²) in [5, 5.41) is 2.36. The van der Waals surface area contributed by atoms with E-state index in [4.69, 9.17) is 4.98 Å². The number of anilines is 2. The highest BCUT2D eigenvalue weighted by Crippen LogP contribution is 2.25. The molecule has 1 heterocycles. The summed E-state index contributed by atoms with van der Waals surface area (Å²) >= 11 is 0. The zero-order valence-electron chi connectivity index (χ0n) is 12.8. The molecule has 3 rings (SSSR count). The number of hydrogen-bond donors (Lipinski definition) is 0. The predicted octanol–water partition coefficient (Wildman–Crippen LogP) is 4.58. The van der Waals surface area contributed by atoms with Crippen molar-refractivity contribution in [2.24, 2.45) is 0 Å². The molecule has 0 spiro atoms. The summed E-state index contributed by atoms with van der Waals surface area (Å²) in [5.41, 5.74) is 4.43. The zero-order chi connectivity index (χ0) is 14.3. The van der Waals surface area contributed by atoms with E-state index in [1.807, 2.05) is 28.2 Å². The predicted molar refractivity (Wildman–Crippen MR) is 102 cm³/mol. The van der Waals surface area contributed by atoms with Gasteiger partial charge in [0.05, 0.1) is 11.0 Å². The van der Waals surface area contributed by atoms with Crippen molar-refractivity contribution in [3.8, 4) is 0 Å². The summed E-state index contributed by atoms with van der Waals surface area (Å²) in [6.07, 6.45) is 0. The highest BCUT2D eigenvalue weighted by Gasteiger charge is 2.04. The van der Waals surface area contributed by atoms with Crippen molar-refractivity contribution >= 4 is 45.6 Å². The molecule has 0 atom stereocenters. The maximum atomic E-state index is 4.81. The quantitative estimate of drug-likeness (QED) is 0.645. The summed E-state index contributed by atoms with van der Waals surface area (Å²) in [5.74, 6) is 0. The minimum Gasteiger partial charge on any atom is -0.378 e. The Morgan fingerprint density at radius 1 is 0.682 bits per heavy atom. The fourth-order valence-electron chi connectivity index (χ4n) is 2.36. The van der Waals surface area contributed by atoms with E-state index >= 15 is 0 Å². The number of pyridine rings is 1. The van der Waals surface area contributed by atoms with Gasteiger partial charge in [0.25, 0.3) is 0 Å². The van der Waals surface area contributed by atoms with E-state index in [1.54, 1.807) is 0 Å². The van der Waals surface area contributed by atoms with Crippen molar-refractivity contribution < 1.29 is 0 Å². The number of hydrogen-bond acceptors (Lipinski definition) is 3. The van der Waals surface area contributed by atoms with Crippen LogP contribution in [-0.4, -0.2) is 33.2 Å². The minimum atomic E-state index is 0. The maximum absolute atomic E-state index is 4.81. The zero-order valence-corrected chi connectivity index (χ0v) is 13.6. The van der Waals surface area contributed by atoms with Gasteiger partial charge >= 0.3 is 0 Å². The van der Waals surface area contributed by atoms with Crippen molar-refractivity contribution in [3.63, 3.8) is 0 Å². The lowest BCUT2D eigenvalue weighted by molar-refractivity contribution is 1.13. The minimum absolute atomic E-state index is 0. The van der Waals surface area contributed by atoms with Crippen LogP contribution in [0.25, 0.3) is 21.8 Å². The van der Waals surface area contributed by atoms with Crippen LogP contribution in [0.4, 0.5) is 11.4 Å². The van der Waals surface area contributed by atoms with Gasteiger partial charge in [-0.2, -0.15) is 0 Å². The van der Waals surface area contributed by atoms with E-state index in [-0.39, 0.29) is 19.8 Å². The number of aromatic nitrogens is 1. The summed E-state index contributed by atoms with van der Waals surface area (Å²) in [6.45, 7) is 0. The molecular formula is C18H24ClN3. The average molecular weight is 318 g/mol. The van der Waals surface area contributed by atoms with Crippen molar-refractivity contribution in [1.82, 2.24) is 4.98 Å². The smallest absolute Gasteiger partial charge is 0.0730 e. The standard InChI is InChI=1S/C17H19N3.CH4.ClH/c1-19(2)14-7-5-12-9-13-6-8-15(20(3)4)11-17(13)18-16(12)10-14;;/h5-11H,1-4H3;1H4;1H. The van der Waals surface area contributed by atoms with Crippen molar-refractivity contribution in [1.29, 1.82) is 0 Å². The highest BCUT2D eigenvalue weighted by atomic mass is 35.5. The van der Waals surface area contributed by atoms with Crippen LogP contribution in [-0.2, 0) is 0 Å². The molecule has 3 aromatic rings. The van der Waals surface area contributed by atoms with E-state index in [9.17, 15) is 0 Å². The van der Waals surface area contributed by atoms with Crippen LogP contribution in [0.5, 0.6) is 0 Å². The van der Waals surface area contributed by atoms with Gasteiger partial charge in [0.15, 0.2) is 0 Å². The molecule has 0 saturated carbocycles. The molecule has 0 aliphatic carbocycles. The first kappa shape index (κ1) is 18.1. The van der Waals surface area contributed by atoms with Gasteiger partial charge in [-0.25, -0.2) is 4.98 Å². The molecule has 0 unspecified atom stereocenters. The second kappa shape index (κ2) is 6.84. The number of halogens is 1. The Hall–Kier alpha value is -2.00. The number of rotatable bonds is 2. The molecule has 0 N–H and O–H groups in total. The lowest BCUT2D eigenvalue weighted by Gasteiger charge is -2.14. The molecule has 1 aromatic heterocycles. The third kappa shape index (κ3) is 3.25. The molecule has 0 saturated heterocycles. The lowest BCUT2D eigenvalue weighted by Crippen LogP contribution is -2.08. The molecule has 0 aliphatic heterocycles. The Kier molecular flexibility index (Phi) is 5.61. The van der Waals surface area contributed by atoms with Crippen molar-refractivity contribution in [2.45, 2.75) is 7.43 Å². The fraction of sp³-hybridized carbons (Fsp3) is 0.278. The van der Waals surface area contributed by atoms with Gasteiger partial charge in [-0.15, -0.1) is 12.4 Å². The third-order valence-electron chi connectivity index (χ3n) is 3.61. The highest BCUT2D eigenvalue weighted by molar-refractivity contribution is 5.95. The Labute approximate surface area is 139 Å². The molecule has 0 aliphatic rings. The Morgan fingerprint density at radius 3 is 1.45 bits per heavy atom. The van der Waals surface area contributed by atoms with E-state index in [2.05, 4.69) is 52.3 Å². The Morgan fingerprint density at radius 2 is 1.09 bits per heavy atom. The second-order valence-corrected chi connectivity index (χ2v) is 5.53. The van der Waals surface area contributed by atoms with Crippen LogP contribution in [0, 0.1) is 0 Å². The van der Waals surface area contributed by atoms with Gasteiger partial charge in [0.1, 0.15) is 0 Å². The van der Waals surface area contributed by atoms with Gasteiger partial charge in [-0.3, -0.25) is 0 Å². The molecular weight excluding hydrogens is 294 g/mol. The van der Waals surface area contributed by atoms with Gasteiger partial charge in [0.2, 0.25) is 0 Å². The van der Waals surface area contributed by atoms with Crippen LogP contribution in [0.2, 0.25) is 0 Å². The summed E-state index contributed by atoms with van der Waals surface area (Å²) in [4.78, 5) is 9.01.